The van der Waals surface area contributed by atoms with Gasteiger partial charge in [-0.25, -0.2) is 4.98 Å². The van der Waals surface area contributed by atoms with Gasteiger partial charge in [-0.05, 0) is 38.1 Å². The molecule has 1 aromatic heterocycles. The summed E-state index contributed by atoms with van der Waals surface area (Å²) in [4.78, 5) is 12.6. The van der Waals surface area contributed by atoms with Gasteiger partial charge in [0.25, 0.3) is 6.47 Å². The van der Waals surface area contributed by atoms with Crippen molar-refractivity contribution in [1.82, 2.24) is 20.2 Å². The zero-order valence-electron chi connectivity index (χ0n) is 17.1. The highest BCUT2D eigenvalue weighted by Crippen LogP contribution is 2.17. The zero-order valence-corrected chi connectivity index (χ0v) is 21.1. The van der Waals surface area contributed by atoms with Crippen molar-refractivity contribution < 1.29 is 9.90 Å². The van der Waals surface area contributed by atoms with Crippen LogP contribution in [0.15, 0.2) is 68.9 Å². The van der Waals surface area contributed by atoms with Crippen LogP contribution in [0.2, 0.25) is 0 Å². The maximum atomic E-state index is 8.36. The van der Waals surface area contributed by atoms with Crippen LogP contribution in [-0.4, -0.2) is 38.7 Å². The monoisotopic (exact) mass is 574 g/mol. The average molecular weight is 577 g/mol. The largest absolute Gasteiger partial charge is 0.483 e. The van der Waals surface area contributed by atoms with Crippen LogP contribution in [0, 0.1) is 0 Å². The Morgan fingerprint density at radius 1 is 1.13 bits per heavy atom. The summed E-state index contributed by atoms with van der Waals surface area (Å²) in [6.07, 6.45) is 1.75. The van der Waals surface area contributed by atoms with Gasteiger partial charge in [-0.2, -0.15) is 10.2 Å². The third kappa shape index (κ3) is 11.0. The summed E-state index contributed by atoms with van der Waals surface area (Å²) in [5.41, 5.74) is 10.5. The van der Waals surface area contributed by atoms with Gasteiger partial charge in [-0.1, -0.05) is 56.1 Å². The van der Waals surface area contributed by atoms with Crippen LogP contribution < -0.4 is 11.2 Å². The molecule has 31 heavy (non-hydrogen) atoms. The van der Waals surface area contributed by atoms with Gasteiger partial charge in [0.15, 0.2) is 11.7 Å². The molecule has 3 rings (SSSR count). The molecule has 0 atom stereocenters. The normalized spacial score (nSPS) is 9.87. The van der Waals surface area contributed by atoms with Gasteiger partial charge in [0.05, 0.1) is 0 Å². The average Bonchev–Trinajstić information content (AvgIpc) is 3.23. The molecule has 4 N–H and O–H groups in total. The molecular formula is C20H25Br2ClN6O2. The van der Waals surface area contributed by atoms with Crippen molar-refractivity contribution in [1.29, 1.82) is 0 Å². The number of hydrogen-bond acceptors (Lipinski definition) is 5. The van der Waals surface area contributed by atoms with Gasteiger partial charge in [-0.15, -0.1) is 12.4 Å². The van der Waals surface area contributed by atoms with E-state index in [-0.39, 0.29) is 18.9 Å². The molecule has 8 nitrogen and oxygen atoms in total. The van der Waals surface area contributed by atoms with Crippen LogP contribution in [0.1, 0.15) is 19.4 Å². The van der Waals surface area contributed by atoms with Crippen LogP contribution in [0.4, 0.5) is 0 Å². The molecule has 0 bridgehead atoms. The van der Waals surface area contributed by atoms with Crippen molar-refractivity contribution in [2.45, 2.75) is 20.4 Å². The number of carbonyl (C=O) groups is 1. The number of nitrogens with one attached hydrogen (secondary N) is 1. The van der Waals surface area contributed by atoms with Crippen molar-refractivity contribution in [2.75, 3.05) is 6.54 Å². The quantitative estimate of drug-likeness (QED) is 0.178. The van der Waals surface area contributed by atoms with Crippen molar-refractivity contribution in [2.24, 2.45) is 10.8 Å². The Morgan fingerprint density at radius 3 is 2.10 bits per heavy atom. The molecule has 0 aliphatic carbocycles. The standard InChI is InChI=1S/C10H10BrN3.C9H12BrN3.CH2O2.ClH/c1-2-14-7-12-10(13-14)8-3-5-9(11)6-4-8;1-2-12-13-9(11)7-3-5-8(10)6-4-7;2-1-3;/h3-7H,2H2,1H3;3-6,12H,2H2,1H3,(H2,11,13);1H,(H,2,3);1H. The first-order valence-corrected chi connectivity index (χ1v) is 10.6. The molecule has 168 valence electrons. The Hall–Kier alpha value is -2.43. The molecule has 0 spiro atoms. The van der Waals surface area contributed by atoms with Gasteiger partial charge >= 0.3 is 0 Å². The summed E-state index contributed by atoms with van der Waals surface area (Å²) < 4.78 is 3.92. The highest BCUT2D eigenvalue weighted by molar-refractivity contribution is 9.10. The number of aromatic nitrogens is 3. The number of amidine groups is 1. The molecule has 0 saturated carbocycles. The van der Waals surface area contributed by atoms with Crippen molar-refractivity contribution >= 4 is 56.6 Å². The number of aryl methyl sites for hydroxylation is 1. The van der Waals surface area contributed by atoms with E-state index in [1.807, 2.05) is 67.1 Å². The fourth-order valence-electron chi connectivity index (χ4n) is 2.03. The van der Waals surface area contributed by atoms with E-state index >= 15 is 0 Å². The maximum absolute atomic E-state index is 8.36. The molecule has 2 aromatic carbocycles. The molecule has 0 amide bonds. The van der Waals surface area contributed by atoms with Crippen molar-refractivity contribution in [3.8, 4) is 11.4 Å². The minimum atomic E-state index is -0.250. The lowest BCUT2D eigenvalue weighted by molar-refractivity contribution is -0.122. The lowest BCUT2D eigenvalue weighted by Crippen LogP contribution is -2.18. The number of benzene rings is 2. The van der Waals surface area contributed by atoms with Gasteiger partial charge < -0.3 is 16.3 Å². The van der Waals surface area contributed by atoms with E-state index in [1.165, 1.54) is 0 Å². The Bertz CT molecular complexity index is 918. The van der Waals surface area contributed by atoms with E-state index in [2.05, 4.69) is 52.5 Å². The molecule has 0 unspecified atom stereocenters. The smallest absolute Gasteiger partial charge is 0.290 e. The van der Waals surface area contributed by atoms with Crippen LogP contribution >= 0.6 is 44.3 Å². The molecule has 1 heterocycles. The first kappa shape index (κ1) is 28.6. The molecule has 0 radical (unpaired) electrons. The predicted octanol–water partition coefficient (Wildman–Crippen LogP) is 4.53. The fraction of sp³-hybridized carbons (Fsp3) is 0.200. The third-order valence-corrected chi connectivity index (χ3v) is 4.52. The summed E-state index contributed by atoms with van der Waals surface area (Å²) in [5.74, 6) is 1.29. The number of nitrogens with zero attached hydrogens (tertiary/aromatic N) is 4. The minimum Gasteiger partial charge on any atom is -0.483 e. The first-order chi connectivity index (χ1) is 14.4. The minimum absolute atomic E-state index is 0. The molecule has 0 saturated heterocycles. The highest BCUT2D eigenvalue weighted by atomic mass is 79.9. The van der Waals surface area contributed by atoms with E-state index in [9.17, 15) is 0 Å². The predicted molar refractivity (Wildman–Crippen MR) is 133 cm³/mol. The summed E-state index contributed by atoms with van der Waals surface area (Å²) >= 11 is 6.74. The van der Waals surface area contributed by atoms with E-state index in [0.29, 0.717) is 5.84 Å². The maximum Gasteiger partial charge on any atom is 0.290 e. The number of nitrogens with two attached hydrogens (primary N) is 1. The lowest BCUT2D eigenvalue weighted by atomic mass is 10.2. The van der Waals surface area contributed by atoms with E-state index in [0.717, 1.165) is 39.0 Å². The zero-order chi connectivity index (χ0) is 22.4. The SMILES string of the molecule is CCNN=C(N)c1ccc(Br)cc1.CCn1cnc(-c2ccc(Br)cc2)n1.Cl.O=CO. The molecule has 0 fully saturated rings. The lowest BCUT2D eigenvalue weighted by Gasteiger charge is -2.00. The Labute approximate surface area is 204 Å². The van der Waals surface area contributed by atoms with Gasteiger partial charge in [0.2, 0.25) is 0 Å². The van der Waals surface area contributed by atoms with Crippen LogP contribution in [0.25, 0.3) is 11.4 Å². The fourth-order valence-corrected chi connectivity index (χ4v) is 2.56. The van der Waals surface area contributed by atoms with Crippen molar-refractivity contribution in [3.63, 3.8) is 0 Å². The number of rotatable bonds is 5. The number of carboxylic acid groups (broad SMARTS) is 1. The van der Waals surface area contributed by atoms with E-state index in [4.69, 9.17) is 15.6 Å². The third-order valence-electron chi connectivity index (χ3n) is 3.46. The van der Waals surface area contributed by atoms with Crippen LogP contribution in [0.3, 0.4) is 0 Å². The second kappa shape index (κ2) is 16.3. The van der Waals surface area contributed by atoms with E-state index < -0.39 is 0 Å². The summed E-state index contributed by atoms with van der Waals surface area (Å²) in [6, 6.07) is 15.7. The molecule has 3 aromatic rings. The van der Waals surface area contributed by atoms with E-state index in [1.54, 1.807) is 6.33 Å². The second-order valence-corrected chi connectivity index (χ2v) is 7.38. The number of hydrazone groups is 1. The molecule has 0 aliphatic rings. The van der Waals surface area contributed by atoms with Gasteiger partial charge in [0.1, 0.15) is 6.33 Å². The molecule has 11 heteroatoms. The van der Waals surface area contributed by atoms with Gasteiger partial charge in [0, 0.05) is 33.2 Å². The molecular weight excluding hydrogens is 552 g/mol. The highest BCUT2D eigenvalue weighted by Gasteiger charge is 2.02. The summed E-state index contributed by atoms with van der Waals surface area (Å²) in [5, 5.41) is 15.2. The first-order valence-electron chi connectivity index (χ1n) is 9.00. The summed E-state index contributed by atoms with van der Waals surface area (Å²) in [7, 11) is 0. The van der Waals surface area contributed by atoms with Crippen molar-refractivity contribution in [3.05, 3.63) is 69.4 Å². The second-order valence-electron chi connectivity index (χ2n) is 5.55. The number of halogens is 3. The summed E-state index contributed by atoms with van der Waals surface area (Å²) in [6.45, 7) is 5.39. The Balaban J connectivity index is 0.000000503. The number of hydrogen-bond donors (Lipinski definition) is 3. The Kier molecular flexibility index (Phi) is 15.0. The van der Waals surface area contributed by atoms with Gasteiger partial charge in [-0.3, -0.25) is 9.48 Å². The van der Waals surface area contributed by atoms with Crippen LogP contribution in [-0.2, 0) is 11.3 Å². The molecule has 0 aliphatic heterocycles. The topological polar surface area (TPSA) is 118 Å². The Morgan fingerprint density at radius 2 is 1.65 bits per heavy atom. The van der Waals surface area contributed by atoms with Crippen LogP contribution in [0.5, 0.6) is 0 Å².